The predicted molar refractivity (Wildman–Crippen MR) is 65.0 cm³/mol. The highest BCUT2D eigenvalue weighted by Gasteiger charge is 2.06. The van der Waals surface area contributed by atoms with Gasteiger partial charge in [0.2, 0.25) is 5.88 Å². The van der Waals surface area contributed by atoms with E-state index < -0.39 is 0 Å². The van der Waals surface area contributed by atoms with Crippen molar-refractivity contribution in [1.82, 2.24) is 4.98 Å². The van der Waals surface area contributed by atoms with Gasteiger partial charge >= 0.3 is 0 Å². The molecule has 0 aromatic carbocycles. The van der Waals surface area contributed by atoms with Crippen LogP contribution >= 0.6 is 0 Å². The number of methoxy groups -OCH3 is 1. The van der Waals surface area contributed by atoms with Gasteiger partial charge in [-0.25, -0.2) is 0 Å². The molecule has 0 amide bonds. The van der Waals surface area contributed by atoms with Crippen LogP contribution in [0.1, 0.15) is 20.3 Å². The number of rotatable bonds is 7. The standard InChI is InChI=1S/C12H20N2O2/c1-4-10(9-15-3)13-11-7-6-8-12(14-11)16-5-2/h6-8,10H,4-5,9H2,1-3H3,(H,13,14). The minimum atomic E-state index is 0.286. The van der Waals surface area contributed by atoms with Crippen molar-refractivity contribution in [3.05, 3.63) is 18.2 Å². The third kappa shape index (κ3) is 4.06. The molecule has 4 heteroatoms. The Balaban J connectivity index is 2.60. The third-order valence-electron chi connectivity index (χ3n) is 2.23. The van der Waals surface area contributed by atoms with Gasteiger partial charge in [-0.3, -0.25) is 0 Å². The van der Waals surface area contributed by atoms with E-state index >= 15 is 0 Å². The molecule has 16 heavy (non-hydrogen) atoms. The first-order chi connectivity index (χ1) is 7.80. The third-order valence-corrected chi connectivity index (χ3v) is 2.23. The predicted octanol–water partition coefficient (Wildman–Crippen LogP) is 2.32. The van der Waals surface area contributed by atoms with Crippen molar-refractivity contribution in [3.63, 3.8) is 0 Å². The number of nitrogens with one attached hydrogen (secondary N) is 1. The summed E-state index contributed by atoms with van der Waals surface area (Å²) in [6, 6.07) is 6.00. The normalized spacial score (nSPS) is 12.2. The lowest BCUT2D eigenvalue weighted by Gasteiger charge is -2.16. The van der Waals surface area contributed by atoms with Crippen LogP contribution in [0.3, 0.4) is 0 Å². The van der Waals surface area contributed by atoms with Gasteiger partial charge in [-0.05, 0) is 19.4 Å². The first kappa shape index (κ1) is 12.8. The topological polar surface area (TPSA) is 43.4 Å². The molecule has 1 N–H and O–H groups in total. The summed E-state index contributed by atoms with van der Waals surface area (Å²) in [4.78, 5) is 4.34. The van der Waals surface area contributed by atoms with Crippen LogP contribution in [-0.4, -0.2) is 31.3 Å². The number of ether oxygens (including phenoxy) is 2. The van der Waals surface area contributed by atoms with E-state index in [1.165, 1.54) is 0 Å². The first-order valence-electron chi connectivity index (χ1n) is 5.65. The van der Waals surface area contributed by atoms with Crippen molar-refractivity contribution >= 4 is 5.82 Å². The molecule has 1 rings (SSSR count). The minimum Gasteiger partial charge on any atom is -0.478 e. The lowest BCUT2D eigenvalue weighted by atomic mass is 10.2. The Bertz CT molecular complexity index is 305. The molecule has 1 atom stereocenters. The van der Waals surface area contributed by atoms with E-state index in [1.54, 1.807) is 7.11 Å². The zero-order valence-corrected chi connectivity index (χ0v) is 10.2. The van der Waals surface area contributed by atoms with E-state index in [4.69, 9.17) is 9.47 Å². The van der Waals surface area contributed by atoms with Crippen LogP contribution in [0.5, 0.6) is 5.88 Å². The van der Waals surface area contributed by atoms with Crippen molar-refractivity contribution in [1.29, 1.82) is 0 Å². The van der Waals surface area contributed by atoms with Crippen molar-refractivity contribution < 1.29 is 9.47 Å². The van der Waals surface area contributed by atoms with Gasteiger partial charge in [0.1, 0.15) is 5.82 Å². The van der Waals surface area contributed by atoms with Crippen molar-refractivity contribution in [2.45, 2.75) is 26.3 Å². The van der Waals surface area contributed by atoms with E-state index in [0.29, 0.717) is 19.1 Å². The Morgan fingerprint density at radius 2 is 2.19 bits per heavy atom. The maximum Gasteiger partial charge on any atom is 0.215 e. The van der Waals surface area contributed by atoms with Crippen molar-refractivity contribution in [2.24, 2.45) is 0 Å². The molecule has 1 unspecified atom stereocenters. The lowest BCUT2D eigenvalue weighted by Crippen LogP contribution is -2.24. The van der Waals surface area contributed by atoms with Gasteiger partial charge in [-0.15, -0.1) is 0 Å². The quantitative estimate of drug-likeness (QED) is 0.772. The zero-order chi connectivity index (χ0) is 11.8. The maximum absolute atomic E-state index is 5.34. The highest BCUT2D eigenvalue weighted by atomic mass is 16.5. The minimum absolute atomic E-state index is 0.286. The molecule has 0 spiro atoms. The van der Waals surface area contributed by atoms with Crippen molar-refractivity contribution in [3.8, 4) is 5.88 Å². The average Bonchev–Trinajstić information content (AvgIpc) is 2.29. The fraction of sp³-hybridized carbons (Fsp3) is 0.583. The molecule has 0 aliphatic carbocycles. The van der Waals surface area contributed by atoms with E-state index in [0.717, 1.165) is 12.2 Å². The number of anilines is 1. The Hall–Kier alpha value is -1.29. The highest BCUT2D eigenvalue weighted by molar-refractivity contribution is 5.38. The molecule has 0 aliphatic rings. The molecule has 0 saturated heterocycles. The Labute approximate surface area is 97.0 Å². The molecule has 1 aromatic heterocycles. The van der Waals surface area contributed by atoms with Gasteiger partial charge in [-0.2, -0.15) is 4.98 Å². The summed E-state index contributed by atoms with van der Waals surface area (Å²) in [5.74, 6) is 1.48. The van der Waals surface area contributed by atoms with Gasteiger partial charge in [0, 0.05) is 13.2 Å². The van der Waals surface area contributed by atoms with Gasteiger partial charge in [0.25, 0.3) is 0 Å². The SMILES string of the molecule is CCOc1cccc(NC(CC)COC)n1. The summed E-state index contributed by atoms with van der Waals surface area (Å²) in [6.07, 6.45) is 0.994. The highest BCUT2D eigenvalue weighted by Crippen LogP contribution is 2.13. The van der Waals surface area contributed by atoms with E-state index in [-0.39, 0.29) is 6.04 Å². The molecule has 0 radical (unpaired) electrons. The summed E-state index contributed by atoms with van der Waals surface area (Å²) in [7, 11) is 1.70. The zero-order valence-electron chi connectivity index (χ0n) is 10.2. The Morgan fingerprint density at radius 3 is 2.81 bits per heavy atom. The van der Waals surface area contributed by atoms with Crippen LogP contribution in [0.15, 0.2) is 18.2 Å². The number of hydrogen-bond acceptors (Lipinski definition) is 4. The average molecular weight is 224 g/mol. The summed E-state index contributed by atoms with van der Waals surface area (Å²) in [5.41, 5.74) is 0. The summed E-state index contributed by atoms with van der Waals surface area (Å²) < 4.78 is 10.5. The molecule has 90 valence electrons. The smallest absolute Gasteiger partial charge is 0.215 e. The monoisotopic (exact) mass is 224 g/mol. The molecule has 1 heterocycles. The fourth-order valence-corrected chi connectivity index (χ4v) is 1.40. The number of hydrogen-bond donors (Lipinski definition) is 1. The maximum atomic E-state index is 5.34. The molecule has 0 aliphatic heterocycles. The second-order valence-electron chi connectivity index (χ2n) is 3.50. The van der Waals surface area contributed by atoms with Crippen LogP contribution in [-0.2, 0) is 4.74 Å². The molecule has 0 fully saturated rings. The molecule has 4 nitrogen and oxygen atoms in total. The van der Waals surface area contributed by atoms with E-state index in [9.17, 15) is 0 Å². The Morgan fingerprint density at radius 1 is 1.38 bits per heavy atom. The van der Waals surface area contributed by atoms with Gasteiger partial charge in [-0.1, -0.05) is 13.0 Å². The summed E-state index contributed by atoms with van der Waals surface area (Å²) >= 11 is 0. The molecule has 0 saturated carbocycles. The molecular weight excluding hydrogens is 204 g/mol. The van der Waals surface area contributed by atoms with Gasteiger partial charge in [0.15, 0.2) is 0 Å². The fourth-order valence-electron chi connectivity index (χ4n) is 1.40. The lowest BCUT2D eigenvalue weighted by molar-refractivity contribution is 0.184. The number of nitrogens with zero attached hydrogens (tertiary/aromatic N) is 1. The number of aromatic nitrogens is 1. The molecule has 0 bridgehead atoms. The second kappa shape index (κ2) is 7.06. The van der Waals surface area contributed by atoms with Crippen LogP contribution < -0.4 is 10.1 Å². The molecule has 1 aromatic rings. The number of pyridine rings is 1. The van der Waals surface area contributed by atoms with Crippen LogP contribution in [0, 0.1) is 0 Å². The van der Waals surface area contributed by atoms with Crippen LogP contribution in [0.4, 0.5) is 5.82 Å². The van der Waals surface area contributed by atoms with Crippen LogP contribution in [0.25, 0.3) is 0 Å². The second-order valence-corrected chi connectivity index (χ2v) is 3.50. The van der Waals surface area contributed by atoms with Crippen molar-refractivity contribution in [2.75, 3.05) is 25.6 Å². The summed E-state index contributed by atoms with van der Waals surface area (Å²) in [5, 5.41) is 3.31. The van der Waals surface area contributed by atoms with E-state index in [2.05, 4.69) is 17.2 Å². The molecular formula is C12H20N2O2. The van der Waals surface area contributed by atoms with Gasteiger partial charge in [0.05, 0.1) is 19.3 Å². The van der Waals surface area contributed by atoms with E-state index in [1.807, 2.05) is 25.1 Å². The summed E-state index contributed by atoms with van der Waals surface area (Å²) in [6.45, 7) is 5.37. The van der Waals surface area contributed by atoms with Crippen LogP contribution in [0.2, 0.25) is 0 Å². The van der Waals surface area contributed by atoms with Gasteiger partial charge < -0.3 is 14.8 Å². The first-order valence-corrected chi connectivity index (χ1v) is 5.65. The Kier molecular flexibility index (Phi) is 5.64. The largest absolute Gasteiger partial charge is 0.478 e.